The molecule has 0 aliphatic heterocycles. The number of aryl methyl sites for hydroxylation is 1. The Morgan fingerprint density at radius 1 is 1.21 bits per heavy atom. The van der Waals surface area contributed by atoms with Crippen LogP contribution in [0.1, 0.15) is 67.4 Å². The van der Waals surface area contributed by atoms with Gasteiger partial charge in [-0.2, -0.15) is 10.2 Å². The summed E-state index contributed by atoms with van der Waals surface area (Å²) in [5, 5.41) is 15.3. The highest BCUT2D eigenvalue weighted by Crippen LogP contribution is 2.38. The predicted molar refractivity (Wildman–Crippen MR) is 91.9 cm³/mol. The summed E-state index contributed by atoms with van der Waals surface area (Å²) in [7, 11) is 0. The molecule has 6 nitrogen and oxygen atoms in total. The quantitative estimate of drug-likeness (QED) is 0.884. The smallest absolute Gasteiger partial charge is 0.267 e. The van der Waals surface area contributed by atoms with Crippen molar-refractivity contribution in [1.29, 1.82) is 0 Å². The molecule has 24 heavy (non-hydrogen) atoms. The van der Waals surface area contributed by atoms with Crippen LogP contribution in [0.2, 0.25) is 0 Å². The van der Waals surface area contributed by atoms with Gasteiger partial charge in [0.1, 0.15) is 0 Å². The van der Waals surface area contributed by atoms with Crippen LogP contribution in [-0.2, 0) is 6.54 Å². The summed E-state index contributed by atoms with van der Waals surface area (Å²) in [4.78, 5) is 12.2. The number of aromatic amines is 1. The molecule has 2 N–H and O–H groups in total. The maximum Gasteiger partial charge on any atom is 0.267 e. The molecule has 2 aromatic rings. The van der Waals surface area contributed by atoms with E-state index in [1.807, 2.05) is 19.2 Å². The van der Waals surface area contributed by atoms with E-state index >= 15 is 0 Å². The molecular formula is C18H25N5O. The molecule has 0 atom stereocenters. The SMILES string of the molecule is Cc1[nH]ncc1CNC1CCC(n2nc(C3CC3)ccc2=O)CC1. The van der Waals surface area contributed by atoms with Crippen LogP contribution in [0.25, 0.3) is 0 Å². The van der Waals surface area contributed by atoms with Crippen LogP contribution in [0.4, 0.5) is 0 Å². The molecule has 2 heterocycles. The van der Waals surface area contributed by atoms with E-state index in [-0.39, 0.29) is 11.6 Å². The Kier molecular flexibility index (Phi) is 4.22. The third-order valence-electron chi connectivity index (χ3n) is 5.40. The first-order chi connectivity index (χ1) is 11.7. The minimum Gasteiger partial charge on any atom is -0.310 e. The number of nitrogens with one attached hydrogen (secondary N) is 2. The monoisotopic (exact) mass is 327 g/mol. The summed E-state index contributed by atoms with van der Waals surface area (Å²) in [6.07, 6.45) is 8.53. The van der Waals surface area contributed by atoms with E-state index in [9.17, 15) is 4.79 Å². The Hall–Kier alpha value is -1.95. The summed E-state index contributed by atoms with van der Waals surface area (Å²) in [6, 6.07) is 4.38. The zero-order chi connectivity index (χ0) is 16.5. The molecule has 2 aromatic heterocycles. The van der Waals surface area contributed by atoms with Crippen molar-refractivity contribution >= 4 is 0 Å². The largest absolute Gasteiger partial charge is 0.310 e. The molecule has 2 fully saturated rings. The fourth-order valence-corrected chi connectivity index (χ4v) is 3.63. The van der Waals surface area contributed by atoms with Gasteiger partial charge < -0.3 is 5.32 Å². The number of hydrogen-bond donors (Lipinski definition) is 2. The predicted octanol–water partition coefficient (Wildman–Crippen LogP) is 2.43. The highest BCUT2D eigenvalue weighted by molar-refractivity contribution is 5.14. The zero-order valence-electron chi connectivity index (χ0n) is 14.2. The Labute approximate surface area is 141 Å². The van der Waals surface area contributed by atoms with Crippen LogP contribution in [0, 0.1) is 6.92 Å². The van der Waals surface area contributed by atoms with Gasteiger partial charge in [-0.15, -0.1) is 0 Å². The summed E-state index contributed by atoms with van der Waals surface area (Å²) >= 11 is 0. The number of rotatable bonds is 5. The van der Waals surface area contributed by atoms with E-state index in [1.54, 1.807) is 10.7 Å². The molecule has 0 bridgehead atoms. The van der Waals surface area contributed by atoms with Crippen molar-refractivity contribution < 1.29 is 0 Å². The van der Waals surface area contributed by atoms with Gasteiger partial charge in [-0.25, -0.2) is 4.68 Å². The average Bonchev–Trinajstić information content (AvgIpc) is 3.37. The molecule has 6 heteroatoms. The maximum atomic E-state index is 12.2. The minimum absolute atomic E-state index is 0.0461. The molecule has 2 aliphatic rings. The number of nitrogens with zero attached hydrogens (tertiary/aromatic N) is 3. The normalized spacial score (nSPS) is 24.2. The van der Waals surface area contributed by atoms with Gasteiger partial charge in [-0.05, 0) is 51.5 Å². The van der Waals surface area contributed by atoms with Crippen molar-refractivity contribution in [2.24, 2.45) is 0 Å². The Bertz CT molecular complexity index is 753. The van der Waals surface area contributed by atoms with Crippen LogP contribution < -0.4 is 10.9 Å². The fraction of sp³-hybridized carbons (Fsp3) is 0.611. The zero-order valence-corrected chi connectivity index (χ0v) is 14.2. The first kappa shape index (κ1) is 15.6. The Morgan fingerprint density at radius 2 is 2.00 bits per heavy atom. The van der Waals surface area contributed by atoms with Crippen molar-refractivity contribution in [2.75, 3.05) is 0 Å². The topological polar surface area (TPSA) is 75.6 Å². The van der Waals surface area contributed by atoms with E-state index < -0.39 is 0 Å². The fourth-order valence-electron chi connectivity index (χ4n) is 3.63. The maximum absolute atomic E-state index is 12.2. The summed E-state index contributed by atoms with van der Waals surface area (Å²) < 4.78 is 1.75. The van der Waals surface area contributed by atoms with Gasteiger partial charge in [-0.1, -0.05) is 0 Å². The van der Waals surface area contributed by atoms with Gasteiger partial charge >= 0.3 is 0 Å². The van der Waals surface area contributed by atoms with Gasteiger partial charge in [0.05, 0.1) is 17.9 Å². The summed E-state index contributed by atoms with van der Waals surface area (Å²) in [5.74, 6) is 0.591. The molecule has 2 aliphatic carbocycles. The first-order valence-corrected chi connectivity index (χ1v) is 9.02. The summed E-state index contributed by atoms with van der Waals surface area (Å²) in [5.41, 5.74) is 3.51. The van der Waals surface area contributed by atoms with Crippen molar-refractivity contribution in [3.63, 3.8) is 0 Å². The van der Waals surface area contributed by atoms with Crippen LogP contribution in [0.5, 0.6) is 0 Å². The molecule has 0 unspecified atom stereocenters. The van der Waals surface area contributed by atoms with Crippen molar-refractivity contribution in [3.05, 3.63) is 45.6 Å². The summed E-state index contributed by atoms with van der Waals surface area (Å²) in [6.45, 7) is 2.90. The Balaban J connectivity index is 1.35. The van der Waals surface area contributed by atoms with Crippen LogP contribution >= 0.6 is 0 Å². The second kappa shape index (κ2) is 6.51. The number of H-pyrrole nitrogens is 1. The molecule has 0 saturated heterocycles. The second-order valence-electron chi connectivity index (χ2n) is 7.22. The number of aromatic nitrogens is 4. The van der Waals surface area contributed by atoms with E-state index in [1.165, 1.54) is 18.4 Å². The van der Waals surface area contributed by atoms with Gasteiger partial charge in [0.15, 0.2) is 0 Å². The third-order valence-corrected chi connectivity index (χ3v) is 5.40. The third kappa shape index (κ3) is 3.29. The van der Waals surface area contributed by atoms with Gasteiger partial charge in [0.25, 0.3) is 5.56 Å². The highest BCUT2D eigenvalue weighted by atomic mass is 16.1. The van der Waals surface area contributed by atoms with E-state index in [0.717, 1.165) is 43.6 Å². The minimum atomic E-state index is 0.0461. The molecule has 0 aromatic carbocycles. The van der Waals surface area contributed by atoms with Crippen molar-refractivity contribution in [3.8, 4) is 0 Å². The van der Waals surface area contributed by atoms with Crippen molar-refractivity contribution in [2.45, 2.75) is 70.0 Å². The lowest BCUT2D eigenvalue weighted by Crippen LogP contribution is -2.36. The molecule has 0 amide bonds. The number of hydrogen-bond acceptors (Lipinski definition) is 4. The average molecular weight is 327 g/mol. The lowest BCUT2D eigenvalue weighted by Gasteiger charge is -2.29. The van der Waals surface area contributed by atoms with Crippen LogP contribution in [-0.4, -0.2) is 26.0 Å². The van der Waals surface area contributed by atoms with Crippen LogP contribution in [0.3, 0.4) is 0 Å². The highest BCUT2D eigenvalue weighted by Gasteiger charge is 2.28. The van der Waals surface area contributed by atoms with E-state index in [4.69, 9.17) is 0 Å². The van der Waals surface area contributed by atoms with E-state index in [0.29, 0.717) is 12.0 Å². The van der Waals surface area contributed by atoms with Gasteiger partial charge in [0, 0.05) is 35.8 Å². The molecule has 128 valence electrons. The van der Waals surface area contributed by atoms with Crippen LogP contribution in [0.15, 0.2) is 23.1 Å². The van der Waals surface area contributed by atoms with Gasteiger partial charge in [0.2, 0.25) is 0 Å². The lowest BCUT2D eigenvalue weighted by molar-refractivity contribution is 0.267. The van der Waals surface area contributed by atoms with Gasteiger partial charge in [-0.3, -0.25) is 9.89 Å². The standard InChI is InChI=1S/C18H25N5O/c1-12-14(11-20-21-12)10-19-15-4-6-16(7-5-15)23-18(24)9-8-17(22-23)13-2-3-13/h8-9,11,13,15-16,19H,2-7,10H2,1H3,(H,20,21). The molecular weight excluding hydrogens is 302 g/mol. The second-order valence-corrected chi connectivity index (χ2v) is 7.22. The Morgan fingerprint density at radius 3 is 2.67 bits per heavy atom. The molecule has 4 rings (SSSR count). The van der Waals surface area contributed by atoms with E-state index in [2.05, 4.69) is 20.6 Å². The molecule has 2 saturated carbocycles. The molecule has 0 spiro atoms. The molecule has 0 radical (unpaired) electrons. The van der Waals surface area contributed by atoms with Crippen molar-refractivity contribution in [1.82, 2.24) is 25.3 Å². The lowest BCUT2D eigenvalue weighted by atomic mass is 9.91. The first-order valence-electron chi connectivity index (χ1n) is 9.02.